The molecule has 6 heterocycles. The zero-order valence-corrected chi connectivity index (χ0v) is 56.9. The van der Waals surface area contributed by atoms with Gasteiger partial charge in [-0.2, -0.15) is 0 Å². The van der Waals surface area contributed by atoms with E-state index < -0.39 is 0 Å². The van der Waals surface area contributed by atoms with Crippen molar-refractivity contribution in [2.45, 2.75) is 0 Å². The maximum atomic E-state index is 2.43. The van der Waals surface area contributed by atoms with Gasteiger partial charge in [-0.25, -0.2) is 0 Å². The number of hydrogen-bond donors (Lipinski definition) is 0. The first-order valence-electron chi connectivity index (χ1n) is 34.9. The van der Waals surface area contributed by atoms with E-state index in [2.05, 4.69) is 382 Å². The number of rotatable bonds is 8. The second-order valence-electron chi connectivity index (χ2n) is 26.7. The van der Waals surface area contributed by atoms with Gasteiger partial charge in [0, 0.05) is 106 Å². The van der Waals surface area contributed by atoms with Gasteiger partial charge in [-0.3, -0.25) is 0 Å². The summed E-state index contributed by atoms with van der Waals surface area (Å²) in [6.45, 7) is 0. The smallest absolute Gasteiger partial charge is 0.0555 e. The van der Waals surface area contributed by atoms with Crippen LogP contribution < -0.4 is 0 Å². The Morgan fingerprint density at radius 3 is 0.843 bits per heavy atom. The van der Waals surface area contributed by atoms with Gasteiger partial charge >= 0.3 is 0 Å². The monoisotopic (exact) mass is 1330 g/mol. The molecule has 4 nitrogen and oxygen atoms in total. The van der Waals surface area contributed by atoms with Crippen LogP contribution in [0.3, 0.4) is 0 Å². The number of fused-ring (bicyclic) bond motifs is 18. The van der Waals surface area contributed by atoms with Crippen molar-refractivity contribution in [3.63, 3.8) is 0 Å². The highest BCUT2D eigenvalue weighted by molar-refractivity contribution is 7.26. The first-order chi connectivity index (χ1) is 50.6. The zero-order chi connectivity index (χ0) is 66.9. The first-order valence-corrected chi connectivity index (χ1v) is 36.5. The van der Waals surface area contributed by atoms with Crippen LogP contribution in [0.4, 0.5) is 0 Å². The second kappa shape index (κ2) is 23.4. The Morgan fingerprint density at radius 1 is 0.137 bits per heavy atom. The molecule has 0 unspecified atom stereocenters. The molecule has 0 aliphatic heterocycles. The highest BCUT2D eigenvalue weighted by Gasteiger charge is 2.22. The fraction of sp³-hybridized carbons (Fsp3) is 0. The second-order valence-corrected chi connectivity index (χ2v) is 28.9. The van der Waals surface area contributed by atoms with Gasteiger partial charge in [0.2, 0.25) is 0 Å². The highest BCUT2D eigenvalue weighted by atomic mass is 32.1. The maximum Gasteiger partial charge on any atom is 0.0555 e. The van der Waals surface area contributed by atoms with Crippen LogP contribution in [-0.4, -0.2) is 18.3 Å². The molecule has 0 N–H and O–H groups in total. The Hall–Kier alpha value is -12.8. The van der Waals surface area contributed by atoms with E-state index in [0.29, 0.717) is 0 Å². The number of hydrogen-bond acceptors (Lipinski definition) is 2. The van der Waals surface area contributed by atoms with Gasteiger partial charge in [-0.05, 0) is 190 Å². The lowest BCUT2D eigenvalue weighted by molar-refractivity contribution is 1.18. The van der Waals surface area contributed by atoms with Crippen molar-refractivity contribution in [3.8, 4) is 67.3 Å². The Labute approximate surface area is 595 Å². The van der Waals surface area contributed by atoms with Crippen molar-refractivity contribution in [1.82, 2.24) is 18.3 Å². The molecular weight excluding hydrogens is 1270 g/mol. The van der Waals surface area contributed by atoms with Crippen LogP contribution in [0.15, 0.2) is 364 Å². The minimum absolute atomic E-state index is 1.16. The fourth-order valence-corrected chi connectivity index (χ4v) is 18.5. The average molecular weight is 1330 g/mol. The van der Waals surface area contributed by atoms with E-state index in [0.717, 1.165) is 11.4 Å². The Balaban J connectivity index is 0.000000133. The summed E-state index contributed by atoms with van der Waals surface area (Å²) in [5.41, 5.74) is 24.2. The molecule has 6 aromatic heterocycles. The zero-order valence-electron chi connectivity index (χ0n) is 55.2. The number of thiophene rings is 2. The van der Waals surface area contributed by atoms with Gasteiger partial charge in [0.15, 0.2) is 0 Å². The van der Waals surface area contributed by atoms with Crippen LogP contribution in [0.5, 0.6) is 0 Å². The van der Waals surface area contributed by atoms with Crippen molar-refractivity contribution >= 4 is 150 Å². The van der Waals surface area contributed by atoms with Crippen LogP contribution in [0.25, 0.3) is 195 Å². The van der Waals surface area contributed by atoms with E-state index in [-0.39, 0.29) is 0 Å². The van der Waals surface area contributed by atoms with Crippen molar-refractivity contribution in [1.29, 1.82) is 0 Å². The van der Waals surface area contributed by atoms with Crippen LogP contribution >= 0.6 is 22.7 Å². The van der Waals surface area contributed by atoms with E-state index in [1.54, 1.807) is 0 Å². The predicted octanol–water partition coefficient (Wildman–Crippen LogP) is 27.2. The van der Waals surface area contributed by atoms with E-state index in [9.17, 15) is 0 Å². The van der Waals surface area contributed by atoms with Gasteiger partial charge < -0.3 is 18.3 Å². The molecule has 22 rings (SSSR count). The normalized spacial score (nSPS) is 11.9. The molecule has 0 atom stereocenters. The van der Waals surface area contributed by atoms with Gasteiger partial charge in [-0.1, -0.05) is 218 Å². The molecule has 6 heteroatoms. The molecule has 102 heavy (non-hydrogen) atoms. The van der Waals surface area contributed by atoms with E-state index in [1.807, 2.05) is 22.7 Å². The van der Waals surface area contributed by atoms with Crippen LogP contribution in [-0.2, 0) is 0 Å². The van der Waals surface area contributed by atoms with Crippen LogP contribution in [0.1, 0.15) is 0 Å². The Bertz CT molecular complexity index is 7060. The largest absolute Gasteiger partial charge is 0.309 e. The minimum atomic E-state index is 1.16. The summed E-state index contributed by atoms with van der Waals surface area (Å²) in [6, 6.07) is 133. The van der Waals surface area contributed by atoms with Gasteiger partial charge in [0.1, 0.15) is 0 Å². The van der Waals surface area contributed by atoms with Crippen molar-refractivity contribution in [2.24, 2.45) is 0 Å². The van der Waals surface area contributed by atoms with Gasteiger partial charge in [0.05, 0.1) is 44.1 Å². The lowest BCUT2D eigenvalue weighted by Crippen LogP contribution is -1.94. The average Bonchev–Trinajstić information content (AvgIpc) is 1.56. The Morgan fingerprint density at radius 2 is 0.412 bits per heavy atom. The topological polar surface area (TPSA) is 19.7 Å². The molecule has 22 aromatic rings. The maximum absolute atomic E-state index is 2.43. The lowest BCUT2D eigenvalue weighted by Gasteiger charge is -2.10. The summed E-state index contributed by atoms with van der Waals surface area (Å²) < 4.78 is 15.0. The third kappa shape index (κ3) is 9.34. The Kier molecular flexibility index (Phi) is 13.3. The van der Waals surface area contributed by atoms with E-state index in [4.69, 9.17) is 0 Å². The molecule has 0 radical (unpaired) electrons. The SMILES string of the molecule is c1ccc(-c2ccc(-n3c4ccccc4c4cc(-c5ccc6c(c5)c5cc7c(cc5n6-c5ccccc5)sc5ccccc57)ccc43)cc2)cc1.c1ccc(-c2ccc(-n3c4ccccc4c4cc(-c5ccc6c(c5)c5cc7sc8ccccc8c7cc5n6-c5ccccc5)ccc43)cc2)cc1. The molecule has 0 aliphatic rings. The predicted molar refractivity (Wildman–Crippen MR) is 438 cm³/mol. The highest BCUT2D eigenvalue weighted by Crippen LogP contribution is 2.46. The molecule has 0 aliphatic carbocycles. The summed E-state index contributed by atoms with van der Waals surface area (Å²) in [6.07, 6.45) is 0. The summed E-state index contributed by atoms with van der Waals surface area (Å²) in [4.78, 5) is 0. The molecule has 16 aromatic carbocycles. The summed E-state index contributed by atoms with van der Waals surface area (Å²) >= 11 is 3.76. The number of aromatic nitrogens is 4. The van der Waals surface area contributed by atoms with Crippen molar-refractivity contribution < 1.29 is 0 Å². The summed E-state index contributed by atoms with van der Waals surface area (Å²) in [7, 11) is 0. The van der Waals surface area contributed by atoms with E-state index >= 15 is 0 Å². The number of nitrogens with zero attached hydrogens (tertiary/aromatic N) is 4. The lowest BCUT2D eigenvalue weighted by atomic mass is 10.00. The third-order valence-electron chi connectivity index (χ3n) is 21.0. The number of para-hydroxylation sites is 4. The van der Waals surface area contributed by atoms with Gasteiger partial charge in [0.25, 0.3) is 0 Å². The molecular formula is C96H60N4S2. The fourth-order valence-electron chi connectivity index (χ4n) is 16.3. The third-order valence-corrected chi connectivity index (χ3v) is 23.3. The summed E-state index contributed by atoms with van der Waals surface area (Å²) in [5.74, 6) is 0. The van der Waals surface area contributed by atoms with Crippen LogP contribution in [0.2, 0.25) is 0 Å². The quantitative estimate of drug-likeness (QED) is 0.144. The van der Waals surface area contributed by atoms with Gasteiger partial charge in [-0.15, -0.1) is 22.7 Å². The van der Waals surface area contributed by atoms with E-state index in [1.165, 1.54) is 183 Å². The molecule has 0 bridgehead atoms. The summed E-state index contributed by atoms with van der Waals surface area (Å²) in [5, 5.41) is 15.4. The number of benzene rings is 16. The first kappa shape index (κ1) is 58.2. The standard InChI is InChI=1S/2C48H30N2S/c1-3-11-31(12-4-1)32-19-23-36(24-20-32)49-43-17-9-7-15-37(43)39-27-33(21-25-44(39)49)34-22-26-45-40(28-34)41-30-48-42(38-16-8-10-18-47(38)51-48)29-46(41)50(45)35-13-5-2-6-14-35;1-3-11-31(12-4-1)32-19-23-36(24-20-32)49-43-17-9-7-15-37(43)39-27-33(21-25-44(39)49)34-22-26-45-40(28-34)41-29-42-38-16-8-10-18-47(38)51-48(42)30-46(41)50(45)35-13-5-2-6-14-35/h2*1-30H. The molecule has 0 fully saturated rings. The van der Waals surface area contributed by atoms with Crippen molar-refractivity contribution in [3.05, 3.63) is 364 Å². The van der Waals surface area contributed by atoms with Crippen molar-refractivity contribution in [2.75, 3.05) is 0 Å². The molecule has 0 saturated heterocycles. The molecule has 0 amide bonds. The molecule has 476 valence electrons. The minimum Gasteiger partial charge on any atom is -0.309 e. The van der Waals surface area contributed by atoms with Crippen LogP contribution in [0, 0.1) is 0 Å². The molecule has 0 spiro atoms. The molecule has 0 saturated carbocycles.